The molecule has 0 bridgehead atoms. The highest BCUT2D eigenvalue weighted by atomic mass is 14.9. The molecule has 98 valence electrons. The van der Waals surface area contributed by atoms with Crippen LogP contribution in [0.1, 0.15) is 52.0 Å². The summed E-state index contributed by atoms with van der Waals surface area (Å²) in [6.07, 6.45) is 5.12. The van der Waals surface area contributed by atoms with Crippen molar-refractivity contribution in [2.45, 2.75) is 46.5 Å². The maximum Gasteiger partial charge on any atom is 0.0992 e. The Bertz CT molecular complexity index is 402. The molecular weight excluding hydrogens is 220 g/mol. The summed E-state index contributed by atoms with van der Waals surface area (Å²) in [4.78, 5) is 0. The maximum absolute atomic E-state index is 8.86. The first-order chi connectivity index (χ1) is 8.57. The van der Waals surface area contributed by atoms with E-state index >= 15 is 0 Å². The summed E-state index contributed by atoms with van der Waals surface area (Å²) in [5, 5.41) is 12.3. The topological polar surface area (TPSA) is 35.8 Å². The zero-order valence-corrected chi connectivity index (χ0v) is 11.8. The number of nitriles is 1. The average molecular weight is 244 g/mol. The van der Waals surface area contributed by atoms with Crippen molar-refractivity contribution in [1.29, 1.82) is 5.26 Å². The molecule has 0 spiro atoms. The third-order valence-corrected chi connectivity index (χ3v) is 3.22. The third-order valence-electron chi connectivity index (χ3n) is 3.22. The molecule has 1 N–H and O–H groups in total. The van der Waals surface area contributed by atoms with E-state index in [1.54, 1.807) is 0 Å². The monoisotopic (exact) mass is 244 g/mol. The van der Waals surface area contributed by atoms with E-state index in [2.05, 4.69) is 32.2 Å². The van der Waals surface area contributed by atoms with Crippen LogP contribution in [0.5, 0.6) is 0 Å². The van der Waals surface area contributed by atoms with Crippen molar-refractivity contribution >= 4 is 5.69 Å². The van der Waals surface area contributed by atoms with Gasteiger partial charge >= 0.3 is 0 Å². The molecule has 0 aliphatic heterocycles. The fourth-order valence-corrected chi connectivity index (χ4v) is 1.98. The molecule has 2 nitrogen and oxygen atoms in total. The van der Waals surface area contributed by atoms with Crippen LogP contribution < -0.4 is 5.32 Å². The molecule has 1 aromatic carbocycles. The Kier molecular flexibility index (Phi) is 5.71. The van der Waals surface area contributed by atoms with Gasteiger partial charge in [-0.15, -0.1) is 0 Å². The van der Waals surface area contributed by atoms with Crippen molar-refractivity contribution in [3.8, 4) is 6.07 Å². The van der Waals surface area contributed by atoms with Crippen molar-refractivity contribution < 1.29 is 0 Å². The van der Waals surface area contributed by atoms with Crippen LogP contribution in [0, 0.1) is 16.7 Å². The normalized spacial score (nSPS) is 11.0. The number of anilines is 1. The Hall–Kier alpha value is -1.49. The Morgan fingerprint density at radius 1 is 1.28 bits per heavy atom. The van der Waals surface area contributed by atoms with Crippen molar-refractivity contribution in [3.05, 3.63) is 29.8 Å². The van der Waals surface area contributed by atoms with E-state index in [9.17, 15) is 0 Å². The quantitative estimate of drug-likeness (QED) is 0.713. The first-order valence-electron chi connectivity index (χ1n) is 6.81. The lowest BCUT2D eigenvalue weighted by atomic mass is 9.87. The van der Waals surface area contributed by atoms with Crippen molar-refractivity contribution in [1.82, 2.24) is 0 Å². The number of nitrogens with zero attached hydrogens (tertiary/aromatic N) is 1. The molecule has 0 fully saturated rings. The Labute approximate surface area is 111 Å². The predicted molar refractivity (Wildman–Crippen MR) is 77.6 cm³/mol. The smallest absolute Gasteiger partial charge is 0.0992 e. The van der Waals surface area contributed by atoms with Gasteiger partial charge in [0.2, 0.25) is 0 Å². The first kappa shape index (κ1) is 14.6. The molecule has 0 atom stereocenters. The maximum atomic E-state index is 8.86. The zero-order chi connectivity index (χ0) is 13.4. The summed E-state index contributed by atoms with van der Waals surface area (Å²) in [6, 6.07) is 9.84. The molecule has 0 saturated carbocycles. The van der Waals surface area contributed by atoms with Crippen molar-refractivity contribution in [2.24, 2.45) is 5.41 Å². The molecule has 1 aromatic rings. The fraction of sp³-hybridized carbons (Fsp3) is 0.562. The second-order valence-corrected chi connectivity index (χ2v) is 5.67. The number of rotatable bonds is 7. The molecule has 1 rings (SSSR count). The van der Waals surface area contributed by atoms with E-state index < -0.39 is 0 Å². The highest BCUT2D eigenvalue weighted by molar-refractivity contribution is 5.49. The molecule has 0 unspecified atom stereocenters. The van der Waals surface area contributed by atoms with Gasteiger partial charge in [-0.1, -0.05) is 46.1 Å². The Balaban J connectivity index is 2.45. The summed E-state index contributed by atoms with van der Waals surface area (Å²) in [7, 11) is 0. The van der Waals surface area contributed by atoms with Gasteiger partial charge in [-0.05, 0) is 30.0 Å². The lowest BCUT2D eigenvalue weighted by molar-refractivity contribution is 0.342. The molecule has 2 heteroatoms. The van der Waals surface area contributed by atoms with Gasteiger partial charge in [0.05, 0.1) is 11.6 Å². The molecule has 0 aliphatic rings. The minimum atomic E-state index is 0.303. The van der Waals surface area contributed by atoms with Crippen LogP contribution >= 0.6 is 0 Å². The van der Waals surface area contributed by atoms with Crippen molar-refractivity contribution in [3.63, 3.8) is 0 Å². The molecule has 18 heavy (non-hydrogen) atoms. The van der Waals surface area contributed by atoms with Gasteiger partial charge in [-0.25, -0.2) is 0 Å². The predicted octanol–water partition coefficient (Wildman–Crippen LogP) is 4.58. The highest BCUT2D eigenvalue weighted by Gasteiger charge is 2.16. The molecule has 0 aliphatic carbocycles. The Morgan fingerprint density at radius 2 is 2.06 bits per heavy atom. The van der Waals surface area contributed by atoms with E-state index in [0.717, 1.165) is 12.2 Å². The molecule has 0 amide bonds. The van der Waals surface area contributed by atoms with Crippen LogP contribution in [0.2, 0.25) is 0 Å². The van der Waals surface area contributed by atoms with E-state index in [1.807, 2.05) is 24.3 Å². The molecule has 0 heterocycles. The van der Waals surface area contributed by atoms with Gasteiger partial charge in [0, 0.05) is 12.2 Å². The minimum Gasteiger partial charge on any atom is -0.384 e. The van der Waals surface area contributed by atoms with Crippen LogP contribution in [0.3, 0.4) is 0 Å². The third kappa shape index (κ3) is 5.23. The van der Waals surface area contributed by atoms with Gasteiger partial charge in [0.15, 0.2) is 0 Å². The van der Waals surface area contributed by atoms with Gasteiger partial charge in [0.25, 0.3) is 0 Å². The fourth-order valence-electron chi connectivity index (χ4n) is 1.98. The summed E-state index contributed by atoms with van der Waals surface area (Å²) < 4.78 is 0. The van der Waals surface area contributed by atoms with Gasteiger partial charge in [0.1, 0.15) is 0 Å². The standard InChI is InChI=1S/C16H24N2/c1-4-5-6-10-16(2,3)13-18-15-9-7-8-14(11-15)12-17/h7-9,11,18H,4-6,10,13H2,1-3H3. The zero-order valence-electron chi connectivity index (χ0n) is 11.8. The molecule has 0 aromatic heterocycles. The largest absolute Gasteiger partial charge is 0.384 e. The average Bonchev–Trinajstić information content (AvgIpc) is 2.37. The number of unbranched alkanes of at least 4 members (excludes halogenated alkanes) is 2. The van der Waals surface area contributed by atoms with Gasteiger partial charge in [-0.2, -0.15) is 5.26 Å². The van der Waals surface area contributed by atoms with E-state index in [4.69, 9.17) is 5.26 Å². The van der Waals surface area contributed by atoms with E-state index in [0.29, 0.717) is 11.0 Å². The first-order valence-corrected chi connectivity index (χ1v) is 6.81. The summed E-state index contributed by atoms with van der Waals surface area (Å²) in [5.74, 6) is 0. The summed E-state index contributed by atoms with van der Waals surface area (Å²) >= 11 is 0. The number of hydrogen-bond acceptors (Lipinski definition) is 2. The number of hydrogen-bond donors (Lipinski definition) is 1. The number of nitrogens with one attached hydrogen (secondary N) is 1. The van der Waals surface area contributed by atoms with Crippen LogP contribution in [0.4, 0.5) is 5.69 Å². The molecule has 0 radical (unpaired) electrons. The van der Waals surface area contributed by atoms with Crippen LogP contribution in [0.15, 0.2) is 24.3 Å². The number of benzene rings is 1. The van der Waals surface area contributed by atoms with E-state index in [-0.39, 0.29) is 0 Å². The van der Waals surface area contributed by atoms with Crippen molar-refractivity contribution in [2.75, 3.05) is 11.9 Å². The lowest BCUT2D eigenvalue weighted by Crippen LogP contribution is -2.23. The molecule has 0 saturated heterocycles. The second kappa shape index (κ2) is 7.06. The van der Waals surface area contributed by atoms with Gasteiger partial charge in [-0.3, -0.25) is 0 Å². The molecular formula is C16H24N2. The summed E-state index contributed by atoms with van der Waals surface area (Å²) in [6.45, 7) is 7.78. The Morgan fingerprint density at radius 3 is 2.72 bits per heavy atom. The highest BCUT2D eigenvalue weighted by Crippen LogP contribution is 2.24. The van der Waals surface area contributed by atoms with E-state index in [1.165, 1.54) is 25.7 Å². The van der Waals surface area contributed by atoms with Gasteiger partial charge < -0.3 is 5.32 Å². The summed E-state index contributed by atoms with van der Waals surface area (Å²) in [5.41, 5.74) is 2.05. The minimum absolute atomic E-state index is 0.303. The van der Waals surface area contributed by atoms with Crippen LogP contribution in [0.25, 0.3) is 0 Å². The lowest BCUT2D eigenvalue weighted by Gasteiger charge is -2.25. The van der Waals surface area contributed by atoms with Crippen LogP contribution in [-0.4, -0.2) is 6.54 Å². The SMILES string of the molecule is CCCCCC(C)(C)CNc1cccc(C#N)c1. The second-order valence-electron chi connectivity index (χ2n) is 5.67. The van der Waals surface area contributed by atoms with Crippen LogP contribution in [-0.2, 0) is 0 Å².